The third-order valence-corrected chi connectivity index (χ3v) is 5.12. The number of carbonyl (C=O) groups excluding carboxylic acids is 2. The zero-order valence-corrected chi connectivity index (χ0v) is 14.3. The van der Waals surface area contributed by atoms with E-state index < -0.39 is 11.8 Å². The molecule has 1 fully saturated rings. The van der Waals surface area contributed by atoms with Crippen LogP contribution in [0, 0.1) is 0 Å². The summed E-state index contributed by atoms with van der Waals surface area (Å²) in [5.41, 5.74) is 0.696. The first-order valence-corrected chi connectivity index (χ1v) is 8.62. The minimum absolute atomic E-state index is 0. The van der Waals surface area contributed by atoms with Crippen molar-refractivity contribution in [1.82, 2.24) is 10.2 Å². The van der Waals surface area contributed by atoms with Gasteiger partial charge in [0.1, 0.15) is 10.8 Å². The predicted molar refractivity (Wildman–Crippen MR) is 91.1 cm³/mol. The first-order chi connectivity index (χ1) is 11.1. The number of rotatable bonds is 4. The number of esters is 1. The van der Waals surface area contributed by atoms with Crippen molar-refractivity contribution < 1.29 is 19.8 Å². The van der Waals surface area contributed by atoms with E-state index in [1.54, 1.807) is 23.5 Å². The van der Waals surface area contributed by atoms with Crippen molar-refractivity contribution in [2.75, 3.05) is 0 Å². The third-order valence-electron chi connectivity index (χ3n) is 4.00. The number of hydrogen-bond acceptors (Lipinski definition) is 6. The summed E-state index contributed by atoms with van der Waals surface area (Å²) in [5.74, 6) is -0.657. The molecule has 0 unspecified atom stereocenters. The Balaban J connectivity index is 0.00000208. The number of hydrogen-bond donors (Lipinski definition) is 0. The second-order valence-corrected chi connectivity index (χ2v) is 6.73. The van der Waals surface area contributed by atoms with E-state index in [1.807, 2.05) is 12.1 Å². The van der Waals surface area contributed by atoms with E-state index in [1.165, 1.54) is 26.2 Å². The molecule has 1 aromatic heterocycles. The fraction of sp³-hybridized carbons (Fsp3) is 0.412. The van der Waals surface area contributed by atoms with Crippen LogP contribution < -0.4 is 4.74 Å². The molecule has 1 aliphatic rings. The van der Waals surface area contributed by atoms with Gasteiger partial charge in [0.25, 0.3) is 0 Å². The maximum atomic E-state index is 11.5. The van der Waals surface area contributed by atoms with Crippen LogP contribution in [0.3, 0.4) is 0 Å². The highest BCUT2D eigenvalue weighted by Gasteiger charge is 2.22. The van der Waals surface area contributed by atoms with E-state index in [0.29, 0.717) is 17.2 Å². The molecule has 2 N–H and O–H groups in total. The summed E-state index contributed by atoms with van der Waals surface area (Å²) in [5, 5.41) is 10.4. The summed E-state index contributed by atoms with van der Waals surface area (Å²) < 4.78 is 5.17. The molecule has 7 heteroatoms. The van der Waals surface area contributed by atoms with Crippen LogP contribution in [0.5, 0.6) is 5.75 Å². The average molecular weight is 348 g/mol. The Bertz CT molecular complexity index is 723. The molecule has 2 aromatic rings. The van der Waals surface area contributed by atoms with Crippen molar-refractivity contribution in [3.8, 4) is 16.3 Å². The number of para-hydroxylation sites is 1. The first kappa shape index (κ1) is 18.2. The van der Waals surface area contributed by atoms with Crippen molar-refractivity contribution in [3.63, 3.8) is 0 Å². The monoisotopic (exact) mass is 348 g/mol. The fourth-order valence-corrected chi connectivity index (χ4v) is 3.80. The molecule has 0 radical (unpaired) electrons. The lowest BCUT2D eigenvalue weighted by Gasteiger charge is -2.18. The Morgan fingerprint density at radius 3 is 2.54 bits per heavy atom. The molecule has 0 spiro atoms. The summed E-state index contributed by atoms with van der Waals surface area (Å²) in [6.45, 7) is 1.19. The first-order valence-electron chi connectivity index (χ1n) is 7.80. The van der Waals surface area contributed by atoms with E-state index in [9.17, 15) is 9.59 Å². The molecule has 0 atom stereocenters. The number of aromatic nitrogens is 2. The highest BCUT2D eigenvalue weighted by Crippen LogP contribution is 2.38. The van der Waals surface area contributed by atoms with Gasteiger partial charge in [0.2, 0.25) is 5.78 Å². The summed E-state index contributed by atoms with van der Waals surface area (Å²) in [6, 6.07) is 7.10. The van der Waals surface area contributed by atoms with Crippen molar-refractivity contribution in [3.05, 3.63) is 29.3 Å². The van der Waals surface area contributed by atoms with E-state index in [4.69, 9.17) is 4.74 Å². The number of nitrogens with zero attached hydrogens (tertiary/aromatic N) is 2. The van der Waals surface area contributed by atoms with Crippen LogP contribution in [0.25, 0.3) is 10.6 Å². The summed E-state index contributed by atoms with van der Waals surface area (Å²) in [4.78, 5) is 22.7. The summed E-state index contributed by atoms with van der Waals surface area (Å²) in [7, 11) is 0. The zero-order valence-electron chi connectivity index (χ0n) is 13.4. The van der Waals surface area contributed by atoms with Gasteiger partial charge in [0.05, 0.1) is 5.56 Å². The quantitative estimate of drug-likeness (QED) is 0.480. The Labute approximate surface area is 144 Å². The Hall–Kier alpha value is -2.12. The molecule has 0 saturated heterocycles. The smallest absolute Gasteiger partial charge is 0.379 e. The van der Waals surface area contributed by atoms with Crippen molar-refractivity contribution in [2.45, 2.75) is 44.9 Å². The van der Waals surface area contributed by atoms with Crippen LogP contribution in [0.2, 0.25) is 0 Å². The van der Waals surface area contributed by atoms with Crippen LogP contribution >= 0.6 is 11.3 Å². The third kappa shape index (κ3) is 4.04. The second kappa shape index (κ2) is 8.12. The molecule has 0 aliphatic heterocycles. The molecule has 0 amide bonds. The topological polar surface area (TPSA) is 101 Å². The second-order valence-electron chi connectivity index (χ2n) is 5.72. The Kier molecular flexibility index (Phi) is 6.16. The molecule has 0 bridgehead atoms. The molecule has 6 nitrogen and oxygen atoms in total. The van der Waals surface area contributed by atoms with Gasteiger partial charge in [0, 0.05) is 12.8 Å². The van der Waals surface area contributed by atoms with E-state index >= 15 is 0 Å². The van der Waals surface area contributed by atoms with Crippen LogP contribution in [-0.4, -0.2) is 27.4 Å². The van der Waals surface area contributed by atoms with Crippen molar-refractivity contribution in [1.29, 1.82) is 0 Å². The zero-order chi connectivity index (χ0) is 16.2. The highest BCUT2D eigenvalue weighted by atomic mass is 32.1. The molecule has 1 heterocycles. The maximum absolute atomic E-state index is 11.5. The van der Waals surface area contributed by atoms with Gasteiger partial charge in [-0.25, -0.2) is 4.79 Å². The lowest BCUT2D eigenvalue weighted by molar-refractivity contribution is -0.146. The normalized spacial score (nSPS) is 14.7. The minimum atomic E-state index is -0.866. The van der Waals surface area contributed by atoms with Crippen LogP contribution in [-0.2, 0) is 9.59 Å². The number of ketones is 1. The van der Waals surface area contributed by atoms with Gasteiger partial charge in [-0.15, -0.1) is 10.2 Å². The lowest BCUT2D eigenvalue weighted by Crippen LogP contribution is -2.17. The van der Waals surface area contributed by atoms with Crippen molar-refractivity contribution in [2.24, 2.45) is 0 Å². The van der Waals surface area contributed by atoms with Crippen LogP contribution in [0.1, 0.15) is 50.0 Å². The molecule has 3 rings (SSSR count). The van der Waals surface area contributed by atoms with Gasteiger partial charge in [0.15, 0.2) is 5.01 Å². The van der Waals surface area contributed by atoms with E-state index in [-0.39, 0.29) is 5.48 Å². The van der Waals surface area contributed by atoms with Crippen LogP contribution in [0.4, 0.5) is 0 Å². The largest absolute Gasteiger partial charge is 0.420 e. The van der Waals surface area contributed by atoms with Gasteiger partial charge < -0.3 is 10.2 Å². The standard InChI is InChI=1S/C17H18N2O3S.H2O/c1-11(20)17(21)22-14-10-6-5-9-13(14)16-19-18-15(23-16)12-7-3-2-4-8-12;/h5-6,9-10,12H,2-4,7-8H2,1H3;1H2. The molecular weight excluding hydrogens is 328 g/mol. The number of Topliss-reactive ketones (excluding diaryl/α,β-unsaturated/α-hetero) is 1. The van der Waals surface area contributed by atoms with Gasteiger partial charge in [-0.2, -0.15) is 0 Å². The Morgan fingerprint density at radius 2 is 1.83 bits per heavy atom. The number of benzene rings is 1. The van der Waals surface area contributed by atoms with Gasteiger partial charge in [-0.05, 0) is 25.0 Å². The van der Waals surface area contributed by atoms with E-state index in [2.05, 4.69) is 10.2 Å². The maximum Gasteiger partial charge on any atom is 0.379 e. The minimum Gasteiger partial charge on any atom is -0.420 e. The number of carbonyl (C=O) groups is 2. The highest BCUT2D eigenvalue weighted by molar-refractivity contribution is 7.14. The molecule has 24 heavy (non-hydrogen) atoms. The number of ether oxygens (including phenoxy) is 1. The molecule has 1 aliphatic carbocycles. The van der Waals surface area contributed by atoms with Gasteiger partial charge >= 0.3 is 5.97 Å². The lowest BCUT2D eigenvalue weighted by atomic mass is 9.90. The van der Waals surface area contributed by atoms with Gasteiger partial charge in [-0.1, -0.05) is 42.7 Å². The SMILES string of the molecule is CC(=O)C(=O)Oc1ccccc1-c1nnc(C2CCCCC2)s1.O. The van der Waals surface area contributed by atoms with Crippen molar-refractivity contribution >= 4 is 23.1 Å². The molecule has 1 aromatic carbocycles. The Morgan fingerprint density at radius 1 is 1.12 bits per heavy atom. The summed E-state index contributed by atoms with van der Waals surface area (Å²) in [6.07, 6.45) is 6.11. The molecule has 1 saturated carbocycles. The predicted octanol–water partition coefficient (Wildman–Crippen LogP) is 2.92. The van der Waals surface area contributed by atoms with Gasteiger partial charge in [-0.3, -0.25) is 4.79 Å². The van der Waals surface area contributed by atoms with E-state index in [0.717, 1.165) is 22.9 Å². The summed E-state index contributed by atoms with van der Waals surface area (Å²) >= 11 is 1.54. The average Bonchev–Trinajstić information content (AvgIpc) is 3.06. The fourth-order valence-electron chi connectivity index (χ4n) is 2.76. The molecule has 128 valence electrons. The van der Waals surface area contributed by atoms with Crippen LogP contribution in [0.15, 0.2) is 24.3 Å². The molecular formula is C17H20N2O4S.